The van der Waals surface area contributed by atoms with Crippen LogP contribution < -0.4 is 38.2 Å². The van der Waals surface area contributed by atoms with Gasteiger partial charge in [-0.1, -0.05) is 18.2 Å². The lowest BCUT2D eigenvalue weighted by Gasteiger charge is -2.15. The number of amides is 1. The van der Waals surface area contributed by atoms with E-state index in [4.69, 9.17) is 4.74 Å². The van der Waals surface area contributed by atoms with Crippen molar-refractivity contribution in [3.8, 4) is 5.75 Å². The number of imidazole rings is 1. The lowest BCUT2D eigenvalue weighted by atomic mass is 10.3. The second-order valence-corrected chi connectivity index (χ2v) is 6.24. The molecule has 1 amide bonds. The number of anilines is 1. The van der Waals surface area contributed by atoms with Gasteiger partial charge in [-0.25, -0.2) is 9.13 Å². The van der Waals surface area contributed by atoms with E-state index in [-0.39, 0.29) is 29.9 Å². The summed E-state index contributed by atoms with van der Waals surface area (Å²) in [6.45, 7) is 7.48. The molecule has 1 aromatic heterocycles. The number of hydrogen-bond donors (Lipinski definition) is 0. The first-order valence-corrected chi connectivity index (χ1v) is 9.23. The quantitative estimate of drug-likeness (QED) is 0.382. The predicted molar refractivity (Wildman–Crippen MR) is 109 cm³/mol. The molecule has 148 valence electrons. The van der Waals surface area contributed by atoms with Crippen molar-refractivity contribution in [3.05, 3.63) is 60.6 Å². The molecule has 3 rings (SSSR count). The van der Waals surface area contributed by atoms with Crippen LogP contribution in [0.5, 0.6) is 5.75 Å². The van der Waals surface area contributed by atoms with Crippen LogP contribution in [0.3, 0.4) is 0 Å². The van der Waals surface area contributed by atoms with E-state index in [1.807, 2.05) is 48.7 Å². The molecule has 0 N–H and O–H groups in total. The van der Waals surface area contributed by atoms with Crippen LogP contribution in [-0.4, -0.2) is 17.6 Å². The minimum Gasteiger partial charge on any atom is -1.00 e. The highest BCUT2D eigenvalue weighted by Crippen LogP contribution is 2.22. The fourth-order valence-corrected chi connectivity index (χ4v) is 3.41. The van der Waals surface area contributed by atoms with E-state index in [1.165, 1.54) is 0 Å². The summed E-state index contributed by atoms with van der Waals surface area (Å²) in [7, 11) is 1.68. The maximum Gasteiger partial charge on any atom is 0.283 e. The third-order valence-electron chi connectivity index (χ3n) is 4.70. The smallest absolute Gasteiger partial charge is 0.283 e. The average molecular weight is 491 g/mol. The molecular formula is C22H26IN3O2. The topological polar surface area (TPSA) is 38.4 Å². The molecule has 2 aromatic carbocycles. The van der Waals surface area contributed by atoms with Gasteiger partial charge in [0.2, 0.25) is 5.91 Å². The van der Waals surface area contributed by atoms with E-state index in [1.54, 1.807) is 18.9 Å². The Balaban J connectivity index is 0.00000280. The zero-order valence-corrected chi connectivity index (χ0v) is 18.9. The fourth-order valence-electron chi connectivity index (χ4n) is 3.41. The van der Waals surface area contributed by atoms with Crippen molar-refractivity contribution in [1.82, 2.24) is 4.57 Å². The van der Waals surface area contributed by atoms with Gasteiger partial charge in [-0.05, 0) is 38.1 Å². The zero-order valence-electron chi connectivity index (χ0n) is 16.7. The molecular weight excluding hydrogens is 465 g/mol. The van der Waals surface area contributed by atoms with Gasteiger partial charge in [-0.2, -0.15) is 0 Å². The number of carbonyl (C=O) groups excluding carboxylic acids is 1. The Hall–Kier alpha value is -2.35. The fraction of sp³-hybridized carbons (Fsp3) is 0.273. The van der Waals surface area contributed by atoms with Crippen molar-refractivity contribution in [2.75, 3.05) is 12.0 Å². The van der Waals surface area contributed by atoms with E-state index in [0.717, 1.165) is 41.4 Å². The van der Waals surface area contributed by atoms with E-state index in [9.17, 15) is 4.79 Å². The Bertz CT molecular complexity index is 980. The normalized spacial score (nSPS) is 10.9. The lowest BCUT2D eigenvalue weighted by molar-refractivity contribution is -0.670. The molecule has 0 radical (unpaired) electrons. The van der Waals surface area contributed by atoms with E-state index in [0.29, 0.717) is 0 Å². The molecule has 6 heteroatoms. The minimum atomic E-state index is -0.0265. The summed E-state index contributed by atoms with van der Waals surface area (Å²) in [5.74, 6) is 1.86. The highest BCUT2D eigenvalue weighted by atomic mass is 127. The molecule has 0 aliphatic heterocycles. The number of methoxy groups -OCH3 is 1. The third-order valence-corrected chi connectivity index (χ3v) is 4.70. The maximum atomic E-state index is 12.2. The number of fused-ring (bicyclic) bond motifs is 1. The van der Waals surface area contributed by atoms with E-state index >= 15 is 0 Å². The number of para-hydroxylation sites is 1. The highest BCUT2D eigenvalue weighted by Gasteiger charge is 2.22. The Morgan fingerprint density at radius 2 is 1.89 bits per heavy atom. The van der Waals surface area contributed by atoms with Gasteiger partial charge in [0.1, 0.15) is 5.75 Å². The second-order valence-electron chi connectivity index (χ2n) is 6.24. The Kier molecular flexibility index (Phi) is 7.62. The highest BCUT2D eigenvalue weighted by molar-refractivity contribution is 5.94. The third kappa shape index (κ3) is 4.22. The molecule has 28 heavy (non-hydrogen) atoms. The number of halogens is 1. The number of nitrogens with zero attached hydrogens (tertiary/aromatic N) is 3. The molecule has 0 aliphatic rings. The summed E-state index contributed by atoms with van der Waals surface area (Å²) >= 11 is 0. The molecule has 0 aliphatic carbocycles. The lowest BCUT2D eigenvalue weighted by Crippen LogP contribution is -3.00. The van der Waals surface area contributed by atoms with Crippen LogP contribution in [0.4, 0.5) is 5.69 Å². The first kappa shape index (κ1) is 21.9. The van der Waals surface area contributed by atoms with Gasteiger partial charge in [0.25, 0.3) is 5.82 Å². The number of benzene rings is 2. The van der Waals surface area contributed by atoms with Gasteiger partial charge in [0, 0.05) is 31.0 Å². The number of carbonyl (C=O) groups is 1. The molecule has 0 unspecified atom stereocenters. The van der Waals surface area contributed by atoms with Gasteiger partial charge < -0.3 is 28.7 Å². The first-order valence-electron chi connectivity index (χ1n) is 9.23. The standard InChI is InChI=1S/C22H26N3O2.HI/c1-5-23-20-13-12-19(27-4)16-21(20)24(6-2)22(23)14-15-25(17(3)26)18-10-8-7-9-11-18;/h7-16H,5-6H2,1-4H3;1H/q+1;/p-1. The van der Waals surface area contributed by atoms with Crippen molar-refractivity contribution in [3.63, 3.8) is 0 Å². The van der Waals surface area contributed by atoms with Gasteiger partial charge in [0.05, 0.1) is 20.2 Å². The summed E-state index contributed by atoms with van der Waals surface area (Å²) < 4.78 is 9.88. The molecule has 0 saturated carbocycles. The Labute approximate surface area is 183 Å². The van der Waals surface area contributed by atoms with Crippen molar-refractivity contribution >= 4 is 28.7 Å². The SMILES string of the molecule is CCn1c(/C=C/N(C(C)=O)c2ccccc2)[n+](CC)c2ccc(OC)cc21.[I-]. The second kappa shape index (κ2) is 9.73. The molecule has 0 bridgehead atoms. The molecule has 0 atom stereocenters. The first-order chi connectivity index (χ1) is 13.1. The van der Waals surface area contributed by atoms with Crippen LogP contribution in [-0.2, 0) is 17.9 Å². The molecule has 5 nitrogen and oxygen atoms in total. The summed E-state index contributed by atoms with van der Waals surface area (Å²) in [5.41, 5.74) is 3.12. The Morgan fingerprint density at radius 1 is 1.18 bits per heavy atom. The monoisotopic (exact) mass is 491 g/mol. The summed E-state index contributed by atoms with van der Waals surface area (Å²) in [4.78, 5) is 13.8. The summed E-state index contributed by atoms with van der Waals surface area (Å²) in [6.07, 6.45) is 3.86. The minimum absolute atomic E-state index is 0. The molecule has 0 saturated heterocycles. The van der Waals surface area contributed by atoms with Crippen LogP contribution in [0.2, 0.25) is 0 Å². The van der Waals surface area contributed by atoms with Gasteiger partial charge in [0.15, 0.2) is 11.0 Å². The maximum absolute atomic E-state index is 12.2. The largest absolute Gasteiger partial charge is 1.00 e. The summed E-state index contributed by atoms with van der Waals surface area (Å²) in [5, 5.41) is 0. The molecule has 0 spiro atoms. The van der Waals surface area contributed by atoms with Crippen molar-refractivity contribution in [2.45, 2.75) is 33.9 Å². The number of hydrogen-bond acceptors (Lipinski definition) is 2. The van der Waals surface area contributed by atoms with Crippen LogP contribution in [0.25, 0.3) is 17.1 Å². The van der Waals surface area contributed by atoms with Crippen molar-refractivity contribution < 1.29 is 38.1 Å². The molecule has 0 fully saturated rings. The van der Waals surface area contributed by atoms with Gasteiger partial charge in [-0.3, -0.25) is 9.69 Å². The number of ether oxygens (including phenoxy) is 1. The van der Waals surface area contributed by atoms with Crippen molar-refractivity contribution in [2.24, 2.45) is 0 Å². The summed E-state index contributed by atoms with van der Waals surface area (Å²) in [6, 6.07) is 15.8. The Morgan fingerprint density at radius 3 is 2.46 bits per heavy atom. The van der Waals surface area contributed by atoms with Crippen molar-refractivity contribution in [1.29, 1.82) is 0 Å². The number of aryl methyl sites for hydroxylation is 2. The van der Waals surface area contributed by atoms with E-state index < -0.39 is 0 Å². The van der Waals surface area contributed by atoms with Gasteiger partial charge >= 0.3 is 0 Å². The average Bonchev–Trinajstić information content (AvgIpc) is 3.00. The molecule has 3 aromatic rings. The van der Waals surface area contributed by atoms with E-state index in [2.05, 4.69) is 35.1 Å². The zero-order chi connectivity index (χ0) is 19.4. The van der Waals surface area contributed by atoms with Crippen LogP contribution in [0.15, 0.2) is 54.7 Å². The van der Waals surface area contributed by atoms with Crippen LogP contribution >= 0.6 is 0 Å². The van der Waals surface area contributed by atoms with Crippen LogP contribution in [0, 0.1) is 0 Å². The van der Waals surface area contributed by atoms with Crippen LogP contribution in [0.1, 0.15) is 26.6 Å². The number of rotatable bonds is 6. The predicted octanol–water partition coefficient (Wildman–Crippen LogP) is 1.00. The number of aromatic nitrogens is 2. The van der Waals surface area contributed by atoms with Gasteiger partial charge in [-0.15, -0.1) is 0 Å². The molecule has 1 heterocycles.